The second-order valence-electron chi connectivity index (χ2n) is 3.20. The third kappa shape index (κ3) is 3.42. The van der Waals surface area contributed by atoms with Crippen LogP contribution in [-0.4, -0.2) is 36.6 Å². The molecule has 0 aliphatic carbocycles. The van der Waals surface area contributed by atoms with E-state index in [9.17, 15) is 0 Å². The van der Waals surface area contributed by atoms with Gasteiger partial charge in [0.2, 0.25) is 0 Å². The molecule has 0 amide bonds. The Morgan fingerprint density at radius 3 is 2.85 bits per heavy atom. The van der Waals surface area contributed by atoms with Crippen molar-refractivity contribution in [3.8, 4) is 0 Å². The molecule has 0 unspecified atom stereocenters. The maximum absolute atomic E-state index is 5.46. The van der Waals surface area contributed by atoms with Gasteiger partial charge in [0.1, 0.15) is 0 Å². The number of thiazole rings is 1. The number of aromatic nitrogens is 1. The zero-order chi connectivity index (χ0) is 9.68. The molecule has 1 rings (SSSR count). The summed E-state index contributed by atoms with van der Waals surface area (Å²) in [6.07, 6.45) is 1.09. The highest BCUT2D eigenvalue weighted by atomic mass is 32.1. The van der Waals surface area contributed by atoms with Crippen LogP contribution < -0.4 is 5.73 Å². The summed E-state index contributed by atoms with van der Waals surface area (Å²) in [4.78, 5) is 7.86. The van der Waals surface area contributed by atoms with Crippen LogP contribution >= 0.6 is 11.3 Å². The van der Waals surface area contributed by atoms with E-state index in [0.717, 1.165) is 26.1 Å². The number of hydrogen-bond acceptors (Lipinski definition) is 4. The lowest BCUT2D eigenvalue weighted by Gasteiger charge is -2.14. The van der Waals surface area contributed by atoms with Crippen molar-refractivity contribution >= 4 is 11.3 Å². The monoisotopic (exact) mass is 199 g/mol. The first-order valence-corrected chi connectivity index (χ1v) is 5.39. The van der Waals surface area contributed by atoms with Gasteiger partial charge in [-0.2, -0.15) is 0 Å². The minimum Gasteiger partial charge on any atom is -0.329 e. The number of nitrogens with two attached hydrogens (primary N) is 1. The van der Waals surface area contributed by atoms with Crippen LogP contribution in [0, 0.1) is 6.92 Å². The van der Waals surface area contributed by atoms with Crippen LogP contribution in [0.25, 0.3) is 0 Å². The summed E-state index contributed by atoms with van der Waals surface area (Å²) in [6.45, 7) is 4.84. The molecule has 0 fully saturated rings. The molecule has 2 N–H and O–H groups in total. The lowest BCUT2D eigenvalue weighted by atomic mass is 10.3. The summed E-state index contributed by atoms with van der Waals surface area (Å²) in [5, 5.41) is 0. The Morgan fingerprint density at radius 2 is 2.31 bits per heavy atom. The summed E-state index contributed by atoms with van der Waals surface area (Å²) in [5.41, 5.74) is 8.54. The molecular formula is C9H17N3S. The number of aryl methyl sites for hydroxylation is 1. The molecule has 0 bridgehead atoms. The predicted octanol–water partition coefficient (Wildman–Crippen LogP) is 0.885. The first-order chi connectivity index (χ1) is 6.24. The van der Waals surface area contributed by atoms with Crippen molar-refractivity contribution in [3.05, 3.63) is 16.1 Å². The fourth-order valence-electron chi connectivity index (χ4n) is 1.19. The molecule has 0 aliphatic rings. The van der Waals surface area contributed by atoms with Gasteiger partial charge in [0, 0.05) is 24.5 Å². The maximum atomic E-state index is 5.46. The van der Waals surface area contributed by atoms with E-state index in [1.165, 1.54) is 10.6 Å². The summed E-state index contributed by atoms with van der Waals surface area (Å²) in [6, 6.07) is 0. The van der Waals surface area contributed by atoms with Crippen molar-refractivity contribution in [2.24, 2.45) is 5.73 Å². The quantitative estimate of drug-likeness (QED) is 0.765. The summed E-state index contributed by atoms with van der Waals surface area (Å²) in [7, 11) is 2.10. The summed E-state index contributed by atoms with van der Waals surface area (Å²) in [5.74, 6) is 0. The number of nitrogens with zero attached hydrogens (tertiary/aromatic N) is 2. The lowest BCUT2D eigenvalue weighted by Crippen LogP contribution is -2.27. The van der Waals surface area contributed by atoms with Gasteiger partial charge < -0.3 is 10.6 Å². The van der Waals surface area contributed by atoms with Crippen molar-refractivity contribution < 1.29 is 0 Å². The van der Waals surface area contributed by atoms with Crippen LogP contribution in [0.4, 0.5) is 0 Å². The molecule has 74 valence electrons. The minimum atomic E-state index is 0.734. The molecule has 0 saturated carbocycles. The van der Waals surface area contributed by atoms with Gasteiger partial charge >= 0.3 is 0 Å². The van der Waals surface area contributed by atoms with Crippen molar-refractivity contribution in [1.29, 1.82) is 0 Å². The largest absolute Gasteiger partial charge is 0.329 e. The van der Waals surface area contributed by atoms with E-state index >= 15 is 0 Å². The average Bonchev–Trinajstić information content (AvgIpc) is 2.48. The van der Waals surface area contributed by atoms with E-state index < -0.39 is 0 Å². The van der Waals surface area contributed by atoms with Crippen LogP contribution in [0.1, 0.15) is 10.6 Å². The molecule has 0 spiro atoms. The molecule has 13 heavy (non-hydrogen) atoms. The molecule has 0 saturated heterocycles. The van der Waals surface area contributed by atoms with Crippen molar-refractivity contribution in [2.45, 2.75) is 13.3 Å². The molecule has 1 aromatic rings. The highest BCUT2D eigenvalue weighted by Crippen LogP contribution is 2.12. The topological polar surface area (TPSA) is 42.2 Å². The maximum Gasteiger partial charge on any atom is 0.0797 e. The van der Waals surface area contributed by atoms with Gasteiger partial charge in [-0.1, -0.05) is 0 Å². The van der Waals surface area contributed by atoms with E-state index in [1.807, 2.05) is 5.51 Å². The smallest absolute Gasteiger partial charge is 0.0797 e. The van der Waals surface area contributed by atoms with Gasteiger partial charge in [0.05, 0.1) is 11.2 Å². The normalized spacial score (nSPS) is 11.1. The Labute approximate surface area is 83.6 Å². The SMILES string of the molecule is Cc1ncsc1CCN(C)CCN. The molecule has 0 aromatic carbocycles. The number of hydrogen-bond donors (Lipinski definition) is 1. The van der Waals surface area contributed by atoms with Gasteiger partial charge in [-0.25, -0.2) is 4.98 Å². The molecule has 0 atom stereocenters. The Hall–Kier alpha value is -0.450. The van der Waals surface area contributed by atoms with Crippen molar-refractivity contribution in [1.82, 2.24) is 9.88 Å². The molecular weight excluding hydrogens is 182 g/mol. The third-order valence-corrected chi connectivity index (χ3v) is 3.07. The standard InChI is InChI=1S/C9H17N3S/c1-8-9(13-7-11-8)3-5-12(2)6-4-10/h7H,3-6,10H2,1-2H3. The average molecular weight is 199 g/mol. The second kappa shape index (κ2) is 5.32. The molecule has 1 aromatic heterocycles. The predicted molar refractivity (Wildman–Crippen MR) is 57.1 cm³/mol. The lowest BCUT2D eigenvalue weighted by molar-refractivity contribution is 0.348. The van der Waals surface area contributed by atoms with Crippen LogP contribution in [0.15, 0.2) is 5.51 Å². The van der Waals surface area contributed by atoms with E-state index in [-0.39, 0.29) is 0 Å². The van der Waals surface area contributed by atoms with Gasteiger partial charge in [-0.15, -0.1) is 11.3 Å². The van der Waals surface area contributed by atoms with Crippen LogP contribution in [-0.2, 0) is 6.42 Å². The van der Waals surface area contributed by atoms with Crippen molar-refractivity contribution in [3.63, 3.8) is 0 Å². The Morgan fingerprint density at radius 1 is 1.54 bits per heavy atom. The Bertz CT molecular complexity index is 247. The van der Waals surface area contributed by atoms with Gasteiger partial charge in [0.25, 0.3) is 0 Å². The van der Waals surface area contributed by atoms with E-state index in [2.05, 4.69) is 23.9 Å². The zero-order valence-electron chi connectivity index (χ0n) is 8.29. The summed E-state index contributed by atoms with van der Waals surface area (Å²) >= 11 is 1.74. The molecule has 1 heterocycles. The van der Waals surface area contributed by atoms with Crippen LogP contribution in [0.5, 0.6) is 0 Å². The number of likely N-dealkylation sites (N-methyl/N-ethyl adjacent to an activating group) is 1. The molecule has 3 nitrogen and oxygen atoms in total. The highest BCUT2D eigenvalue weighted by molar-refractivity contribution is 7.09. The van der Waals surface area contributed by atoms with E-state index in [0.29, 0.717) is 0 Å². The van der Waals surface area contributed by atoms with E-state index in [4.69, 9.17) is 5.73 Å². The van der Waals surface area contributed by atoms with Crippen molar-refractivity contribution in [2.75, 3.05) is 26.7 Å². The highest BCUT2D eigenvalue weighted by Gasteiger charge is 2.02. The van der Waals surface area contributed by atoms with Gasteiger partial charge in [-0.05, 0) is 20.4 Å². The summed E-state index contributed by atoms with van der Waals surface area (Å²) < 4.78 is 0. The second-order valence-corrected chi connectivity index (χ2v) is 4.14. The minimum absolute atomic E-state index is 0.734. The first-order valence-electron chi connectivity index (χ1n) is 4.51. The molecule has 0 aliphatic heterocycles. The first kappa shape index (κ1) is 10.6. The van der Waals surface area contributed by atoms with E-state index in [1.54, 1.807) is 11.3 Å². The Kier molecular flexibility index (Phi) is 4.35. The zero-order valence-corrected chi connectivity index (χ0v) is 9.10. The van der Waals surface area contributed by atoms with Gasteiger partial charge in [-0.3, -0.25) is 0 Å². The van der Waals surface area contributed by atoms with Gasteiger partial charge in [0.15, 0.2) is 0 Å². The fourth-order valence-corrected chi connectivity index (χ4v) is 1.96. The molecule has 4 heteroatoms. The number of rotatable bonds is 5. The van der Waals surface area contributed by atoms with Crippen LogP contribution in [0.2, 0.25) is 0 Å². The van der Waals surface area contributed by atoms with Crippen LogP contribution in [0.3, 0.4) is 0 Å². The Balaban J connectivity index is 2.30. The third-order valence-electron chi connectivity index (χ3n) is 2.08. The fraction of sp³-hybridized carbons (Fsp3) is 0.667. The molecule has 0 radical (unpaired) electrons.